The number of rotatable bonds is 3. The molecule has 0 aromatic carbocycles. The number of piperidine rings is 2. The van der Waals surface area contributed by atoms with Gasteiger partial charge in [-0.05, 0) is 63.3 Å². The fourth-order valence-electron chi connectivity index (χ4n) is 6.23. The number of fused-ring (bicyclic) bond motifs is 1. The molecule has 4 amide bonds. The molecule has 0 saturated carbocycles. The van der Waals surface area contributed by atoms with Gasteiger partial charge < -0.3 is 34.8 Å². The maximum absolute atomic E-state index is 13.3. The van der Waals surface area contributed by atoms with Crippen molar-refractivity contribution in [2.24, 2.45) is 17.3 Å². The molecule has 3 aliphatic rings. The normalized spacial score (nSPS) is 26.1. The lowest BCUT2D eigenvalue weighted by atomic mass is 9.80. The highest BCUT2D eigenvalue weighted by Crippen LogP contribution is 2.30. The molecular formula is C31H55N5O6. The largest absolute Gasteiger partial charge is 0.377 e. The van der Waals surface area contributed by atoms with Gasteiger partial charge in [0.05, 0.1) is 26.4 Å². The molecule has 0 aliphatic carbocycles. The lowest BCUT2D eigenvalue weighted by Crippen LogP contribution is -2.53. The second-order valence-corrected chi connectivity index (χ2v) is 13.6. The van der Waals surface area contributed by atoms with Gasteiger partial charge in [-0.1, -0.05) is 20.8 Å². The van der Waals surface area contributed by atoms with Crippen LogP contribution in [-0.2, 0) is 28.7 Å². The summed E-state index contributed by atoms with van der Waals surface area (Å²) in [5, 5.41) is 6.02. The molecule has 0 radical (unpaired) electrons. The van der Waals surface area contributed by atoms with Crippen molar-refractivity contribution in [1.29, 1.82) is 0 Å². The van der Waals surface area contributed by atoms with Crippen LogP contribution in [0.25, 0.3) is 0 Å². The number of ether oxygens (including phenoxy) is 2. The molecule has 3 heterocycles. The van der Waals surface area contributed by atoms with Crippen molar-refractivity contribution >= 4 is 23.6 Å². The molecule has 3 aliphatic heterocycles. The summed E-state index contributed by atoms with van der Waals surface area (Å²) in [6, 6.07) is 0.302. The number of hydrogen-bond acceptors (Lipinski definition) is 7. The number of nitrogens with zero attached hydrogens (tertiary/aromatic N) is 3. The van der Waals surface area contributed by atoms with Crippen LogP contribution in [0.2, 0.25) is 0 Å². The van der Waals surface area contributed by atoms with Crippen molar-refractivity contribution in [1.82, 2.24) is 25.3 Å². The van der Waals surface area contributed by atoms with Gasteiger partial charge in [-0.2, -0.15) is 0 Å². The van der Waals surface area contributed by atoms with E-state index in [2.05, 4.69) is 50.2 Å². The van der Waals surface area contributed by atoms with Crippen LogP contribution in [0.1, 0.15) is 73.1 Å². The van der Waals surface area contributed by atoms with E-state index in [0.29, 0.717) is 77.0 Å². The highest BCUT2D eigenvalue weighted by Gasteiger charge is 2.33. The SMILES string of the molecule is CC(C)N1CC[C@H]2CC(=O)NCCOCCOCC(=O)N(C3CCN(C(=O)CC(C)(C)C)CC3)CC(=O)NCC[C@H]2C1. The van der Waals surface area contributed by atoms with Crippen molar-refractivity contribution in [2.75, 3.05) is 72.2 Å². The zero-order chi connectivity index (χ0) is 30.7. The Labute approximate surface area is 252 Å². The van der Waals surface area contributed by atoms with Crippen molar-refractivity contribution in [3.63, 3.8) is 0 Å². The Bertz CT molecular complexity index is 899. The standard InChI is InChI=1S/C31H55N5O6/c1-23(2)35-12-7-24-18-27(37)33-11-15-41-16-17-42-22-30(40)36(21-28(38)32-10-6-25(24)20-35)26-8-13-34(14-9-26)29(39)19-31(3,4)5/h23-26H,6-22H2,1-5H3,(H,32,38)(H,33,37)/t24-,25-/m0/s1. The van der Waals surface area contributed by atoms with Crippen molar-refractivity contribution in [3.05, 3.63) is 0 Å². The molecule has 3 fully saturated rings. The predicted molar refractivity (Wildman–Crippen MR) is 161 cm³/mol. The third-order valence-corrected chi connectivity index (χ3v) is 8.68. The van der Waals surface area contributed by atoms with Gasteiger partial charge in [-0.3, -0.25) is 19.2 Å². The van der Waals surface area contributed by atoms with Crippen LogP contribution in [-0.4, -0.2) is 123 Å². The monoisotopic (exact) mass is 593 g/mol. The second kappa shape index (κ2) is 16.6. The topological polar surface area (TPSA) is 121 Å². The molecule has 2 atom stereocenters. The smallest absolute Gasteiger partial charge is 0.249 e. The van der Waals surface area contributed by atoms with Crippen LogP contribution in [0.4, 0.5) is 0 Å². The van der Waals surface area contributed by atoms with Crippen molar-refractivity contribution in [2.45, 2.75) is 85.2 Å². The number of carbonyl (C=O) groups is 4. The minimum Gasteiger partial charge on any atom is -0.377 e. The zero-order valence-corrected chi connectivity index (χ0v) is 26.6. The number of likely N-dealkylation sites (tertiary alicyclic amines) is 2. The summed E-state index contributed by atoms with van der Waals surface area (Å²) in [4.78, 5) is 57.8. The Balaban J connectivity index is 1.64. The van der Waals surface area contributed by atoms with Crippen LogP contribution >= 0.6 is 0 Å². The lowest BCUT2D eigenvalue weighted by Gasteiger charge is -2.40. The third kappa shape index (κ3) is 11.4. The van der Waals surface area contributed by atoms with Gasteiger partial charge in [0.15, 0.2) is 0 Å². The summed E-state index contributed by atoms with van der Waals surface area (Å²) in [5.41, 5.74) is -0.0798. The van der Waals surface area contributed by atoms with Crippen LogP contribution in [0.15, 0.2) is 0 Å². The first-order valence-corrected chi connectivity index (χ1v) is 15.9. The van der Waals surface area contributed by atoms with E-state index in [4.69, 9.17) is 9.47 Å². The molecule has 0 aromatic heterocycles. The summed E-state index contributed by atoms with van der Waals surface area (Å²) < 4.78 is 11.2. The van der Waals surface area contributed by atoms with Crippen molar-refractivity contribution in [3.8, 4) is 0 Å². The van der Waals surface area contributed by atoms with Crippen LogP contribution < -0.4 is 10.6 Å². The highest BCUT2D eigenvalue weighted by molar-refractivity contribution is 5.85. The molecule has 3 rings (SSSR count). The Morgan fingerprint density at radius 3 is 2.26 bits per heavy atom. The zero-order valence-electron chi connectivity index (χ0n) is 26.6. The molecule has 11 nitrogen and oxygen atoms in total. The molecule has 240 valence electrons. The summed E-state index contributed by atoms with van der Waals surface area (Å²) in [6.07, 6.45) is 3.97. The molecule has 0 aromatic rings. The minimum absolute atomic E-state index is 0.0338. The summed E-state index contributed by atoms with van der Waals surface area (Å²) in [5.74, 6) is 0.315. The number of amides is 4. The molecule has 3 saturated heterocycles. The summed E-state index contributed by atoms with van der Waals surface area (Å²) >= 11 is 0. The first-order valence-electron chi connectivity index (χ1n) is 15.9. The molecule has 0 bridgehead atoms. The van der Waals surface area contributed by atoms with Crippen LogP contribution in [0.5, 0.6) is 0 Å². The Hall–Kier alpha value is -2.24. The van der Waals surface area contributed by atoms with E-state index in [1.54, 1.807) is 4.90 Å². The van der Waals surface area contributed by atoms with Crippen molar-refractivity contribution < 1.29 is 28.7 Å². The summed E-state index contributed by atoms with van der Waals surface area (Å²) in [7, 11) is 0. The quantitative estimate of drug-likeness (QED) is 0.511. The van der Waals surface area contributed by atoms with Gasteiger partial charge in [0.1, 0.15) is 6.61 Å². The molecule has 0 spiro atoms. The van der Waals surface area contributed by atoms with E-state index >= 15 is 0 Å². The Morgan fingerprint density at radius 1 is 0.881 bits per heavy atom. The van der Waals surface area contributed by atoms with Gasteiger partial charge in [0, 0.05) is 57.6 Å². The average molecular weight is 594 g/mol. The van der Waals surface area contributed by atoms with Gasteiger partial charge in [-0.25, -0.2) is 0 Å². The molecule has 0 unspecified atom stereocenters. The highest BCUT2D eigenvalue weighted by atomic mass is 16.5. The summed E-state index contributed by atoms with van der Waals surface area (Å²) in [6.45, 7) is 15.3. The van der Waals surface area contributed by atoms with Gasteiger partial charge in [0.25, 0.3) is 0 Å². The van der Waals surface area contributed by atoms with Gasteiger partial charge >= 0.3 is 0 Å². The minimum atomic E-state index is -0.227. The molecule has 2 N–H and O–H groups in total. The van der Waals surface area contributed by atoms with E-state index in [1.165, 1.54) is 0 Å². The molecule has 42 heavy (non-hydrogen) atoms. The number of carbonyl (C=O) groups excluding carboxylic acids is 4. The molecule has 11 heteroatoms. The number of nitrogens with one attached hydrogen (secondary N) is 2. The second-order valence-electron chi connectivity index (χ2n) is 13.6. The van der Waals surface area contributed by atoms with Gasteiger partial charge in [0.2, 0.25) is 23.6 Å². The van der Waals surface area contributed by atoms with E-state index in [-0.39, 0.29) is 60.8 Å². The third-order valence-electron chi connectivity index (χ3n) is 8.68. The molecular weight excluding hydrogens is 538 g/mol. The van der Waals surface area contributed by atoms with E-state index in [0.717, 1.165) is 25.9 Å². The first-order chi connectivity index (χ1) is 19.9. The Morgan fingerprint density at radius 2 is 1.57 bits per heavy atom. The first kappa shape index (κ1) is 34.3. The number of hydrogen-bond donors (Lipinski definition) is 2. The fourth-order valence-corrected chi connectivity index (χ4v) is 6.23. The van der Waals surface area contributed by atoms with E-state index < -0.39 is 0 Å². The van der Waals surface area contributed by atoms with Gasteiger partial charge in [-0.15, -0.1) is 0 Å². The lowest BCUT2D eigenvalue weighted by molar-refractivity contribution is -0.145. The van der Waals surface area contributed by atoms with Crippen LogP contribution in [0, 0.1) is 17.3 Å². The maximum atomic E-state index is 13.3. The average Bonchev–Trinajstić information content (AvgIpc) is 2.92. The van der Waals surface area contributed by atoms with E-state index in [9.17, 15) is 19.2 Å². The van der Waals surface area contributed by atoms with E-state index in [1.807, 2.05) is 4.90 Å². The predicted octanol–water partition coefficient (Wildman–Crippen LogP) is 1.65. The maximum Gasteiger partial charge on any atom is 0.249 e. The van der Waals surface area contributed by atoms with Crippen LogP contribution in [0.3, 0.4) is 0 Å². The fraction of sp³-hybridized carbons (Fsp3) is 0.871. The Kier molecular flexibility index (Phi) is 13.5.